The molecule has 0 atom stereocenters. The molecule has 2 heterocycles. The van der Waals surface area contributed by atoms with Gasteiger partial charge in [-0.3, -0.25) is 9.89 Å². The molecule has 0 fully saturated rings. The van der Waals surface area contributed by atoms with Crippen molar-refractivity contribution >= 4 is 35.2 Å². The van der Waals surface area contributed by atoms with Gasteiger partial charge in [-0.2, -0.15) is 5.10 Å². The van der Waals surface area contributed by atoms with Gasteiger partial charge < -0.3 is 4.90 Å². The Kier molecular flexibility index (Phi) is 5.01. The normalized spacial score (nSPS) is 13.8. The highest BCUT2D eigenvalue weighted by molar-refractivity contribution is 6.31. The smallest absolute Gasteiger partial charge is 0.246 e. The average Bonchev–Trinajstić information content (AvgIpc) is 3.10. The second-order valence-corrected chi connectivity index (χ2v) is 7.31. The number of rotatable bonds is 3. The van der Waals surface area contributed by atoms with Crippen molar-refractivity contribution in [2.45, 2.75) is 13.0 Å². The molecule has 4 rings (SSSR count). The number of carbonyl (C=O) groups excluding carboxylic acids is 1. The number of carbonyl (C=O) groups is 1. The Bertz CT molecular complexity index is 1010. The maximum atomic E-state index is 12.6. The molecule has 3 aromatic rings. The monoisotopic (exact) mass is 397 g/mol. The van der Waals surface area contributed by atoms with Crippen molar-refractivity contribution in [1.29, 1.82) is 0 Å². The Balaban J connectivity index is 1.53. The lowest BCUT2D eigenvalue weighted by atomic mass is 10.0. The first kappa shape index (κ1) is 17.8. The third-order valence-corrected chi connectivity index (χ3v) is 5.12. The van der Waals surface area contributed by atoms with Crippen molar-refractivity contribution in [1.82, 2.24) is 15.1 Å². The van der Waals surface area contributed by atoms with Crippen molar-refractivity contribution in [2.24, 2.45) is 0 Å². The Labute approximate surface area is 167 Å². The summed E-state index contributed by atoms with van der Waals surface area (Å²) in [5.41, 5.74) is 4.87. The molecule has 0 spiro atoms. The Morgan fingerprint density at radius 1 is 1.11 bits per heavy atom. The summed E-state index contributed by atoms with van der Waals surface area (Å²) in [4.78, 5) is 14.5. The van der Waals surface area contributed by atoms with Gasteiger partial charge in [-0.25, -0.2) is 0 Å². The van der Waals surface area contributed by atoms with Gasteiger partial charge in [0.05, 0.1) is 5.69 Å². The van der Waals surface area contributed by atoms with Crippen LogP contribution in [0.15, 0.2) is 54.6 Å². The van der Waals surface area contributed by atoms with Crippen LogP contribution in [-0.4, -0.2) is 27.5 Å². The number of hydrogen-bond acceptors (Lipinski definition) is 2. The van der Waals surface area contributed by atoms with Crippen molar-refractivity contribution in [3.05, 3.63) is 81.5 Å². The molecule has 1 aromatic heterocycles. The molecule has 6 heteroatoms. The lowest BCUT2D eigenvalue weighted by Crippen LogP contribution is -2.34. The van der Waals surface area contributed by atoms with E-state index in [1.165, 1.54) is 0 Å². The van der Waals surface area contributed by atoms with Crippen LogP contribution in [0, 0.1) is 0 Å². The molecule has 1 amide bonds. The predicted octanol–water partition coefficient (Wildman–Crippen LogP) is 4.98. The topological polar surface area (TPSA) is 49.0 Å². The molecule has 1 N–H and O–H groups in total. The average molecular weight is 398 g/mol. The molecule has 0 unspecified atom stereocenters. The summed E-state index contributed by atoms with van der Waals surface area (Å²) in [6.45, 7) is 1.19. The van der Waals surface area contributed by atoms with E-state index in [1.54, 1.807) is 12.2 Å². The lowest BCUT2D eigenvalue weighted by Gasteiger charge is -2.26. The first-order valence-electron chi connectivity index (χ1n) is 8.65. The summed E-state index contributed by atoms with van der Waals surface area (Å²) < 4.78 is 0. The second kappa shape index (κ2) is 7.59. The fourth-order valence-electron chi connectivity index (χ4n) is 3.20. The number of fused-ring (bicyclic) bond motifs is 1. The summed E-state index contributed by atoms with van der Waals surface area (Å²) in [5, 5.41) is 8.90. The van der Waals surface area contributed by atoms with Gasteiger partial charge in [0.2, 0.25) is 5.91 Å². The largest absolute Gasteiger partial charge is 0.334 e. The second-order valence-electron chi connectivity index (χ2n) is 6.43. The van der Waals surface area contributed by atoms with Gasteiger partial charge in [0.1, 0.15) is 0 Å². The van der Waals surface area contributed by atoms with Crippen LogP contribution in [0.4, 0.5) is 0 Å². The van der Waals surface area contributed by atoms with E-state index in [1.807, 2.05) is 53.4 Å². The predicted molar refractivity (Wildman–Crippen MR) is 109 cm³/mol. The number of aromatic amines is 1. The van der Waals surface area contributed by atoms with E-state index < -0.39 is 0 Å². The molecule has 2 aromatic carbocycles. The number of nitrogens with one attached hydrogen (secondary N) is 1. The highest BCUT2D eigenvalue weighted by Gasteiger charge is 2.24. The molecule has 0 bridgehead atoms. The van der Waals surface area contributed by atoms with Crippen molar-refractivity contribution < 1.29 is 4.79 Å². The molecular formula is C21H17Cl2N3O. The van der Waals surface area contributed by atoms with Crippen molar-refractivity contribution in [3.8, 4) is 11.3 Å². The number of amides is 1. The SMILES string of the molecule is O=C(/C=C/c1ccc(Cl)cc1)N1CCc2[nH]nc(-c3cccc(Cl)c3)c2C1. The molecule has 27 heavy (non-hydrogen) atoms. The maximum absolute atomic E-state index is 12.6. The fourth-order valence-corrected chi connectivity index (χ4v) is 3.52. The first-order valence-corrected chi connectivity index (χ1v) is 9.40. The van der Waals surface area contributed by atoms with Crippen molar-refractivity contribution in [3.63, 3.8) is 0 Å². The standard InChI is InChI=1S/C21H17Cl2N3O/c22-16-7-4-14(5-8-16)6-9-20(27)26-11-10-19-18(13-26)21(25-24-19)15-2-1-3-17(23)12-15/h1-9,12H,10-11,13H2,(H,24,25)/b9-6+. The number of hydrogen-bond donors (Lipinski definition) is 1. The minimum atomic E-state index is -0.0196. The molecule has 4 nitrogen and oxygen atoms in total. The minimum Gasteiger partial charge on any atom is -0.334 e. The van der Waals surface area contributed by atoms with E-state index >= 15 is 0 Å². The Hall–Kier alpha value is -2.56. The summed E-state index contributed by atoms with van der Waals surface area (Å²) in [7, 11) is 0. The molecule has 1 aliphatic heterocycles. The van der Waals surface area contributed by atoms with Crippen LogP contribution in [0.1, 0.15) is 16.8 Å². The van der Waals surface area contributed by atoms with Gasteiger partial charge in [-0.15, -0.1) is 0 Å². The lowest BCUT2D eigenvalue weighted by molar-refractivity contribution is -0.126. The molecule has 0 aliphatic carbocycles. The molecule has 0 radical (unpaired) electrons. The third kappa shape index (κ3) is 3.92. The molecule has 0 saturated carbocycles. The summed E-state index contributed by atoms with van der Waals surface area (Å²) >= 11 is 12.0. The van der Waals surface area contributed by atoms with Crippen LogP contribution in [0.2, 0.25) is 10.0 Å². The van der Waals surface area contributed by atoms with Gasteiger partial charge in [0.15, 0.2) is 0 Å². The first-order chi connectivity index (χ1) is 13.1. The van der Waals surface area contributed by atoms with Crippen LogP contribution in [0.25, 0.3) is 17.3 Å². The minimum absolute atomic E-state index is 0.0196. The van der Waals surface area contributed by atoms with Gasteiger partial charge in [-0.05, 0) is 35.9 Å². The zero-order valence-corrected chi connectivity index (χ0v) is 16.0. The van der Waals surface area contributed by atoms with Crippen LogP contribution >= 0.6 is 23.2 Å². The van der Waals surface area contributed by atoms with Gasteiger partial charge in [0, 0.05) is 52.5 Å². The number of H-pyrrole nitrogens is 1. The van der Waals surface area contributed by atoms with E-state index in [0.717, 1.165) is 34.5 Å². The number of aromatic nitrogens is 2. The quantitative estimate of drug-likeness (QED) is 0.633. The fraction of sp³-hybridized carbons (Fsp3) is 0.143. The Morgan fingerprint density at radius 2 is 1.93 bits per heavy atom. The summed E-state index contributed by atoms with van der Waals surface area (Å²) in [6.07, 6.45) is 4.16. The molecular weight excluding hydrogens is 381 g/mol. The van der Waals surface area contributed by atoms with Crippen LogP contribution in [0.3, 0.4) is 0 Å². The molecule has 0 saturated heterocycles. The molecule has 136 valence electrons. The highest BCUT2D eigenvalue weighted by atomic mass is 35.5. The molecule has 1 aliphatic rings. The third-order valence-electron chi connectivity index (χ3n) is 4.63. The summed E-state index contributed by atoms with van der Waals surface area (Å²) in [5.74, 6) is -0.0196. The van der Waals surface area contributed by atoms with Gasteiger partial charge in [0.25, 0.3) is 0 Å². The van der Waals surface area contributed by atoms with E-state index in [2.05, 4.69) is 10.2 Å². The van der Waals surface area contributed by atoms with E-state index in [4.69, 9.17) is 23.2 Å². The van der Waals surface area contributed by atoms with E-state index in [-0.39, 0.29) is 5.91 Å². The van der Waals surface area contributed by atoms with E-state index in [0.29, 0.717) is 23.1 Å². The highest BCUT2D eigenvalue weighted by Crippen LogP contribution is 2.29. The van der Waals surface area contributed by atoms with Crippen molar-refractivity contribution in [2.75, 3.05) is 6.54 Å². The summed E-state index contributed by atoms with van der Waals surface area (Å²) in [6, 6.07) is 15.0. The zero-order valence-electron chi connectivity index (χ0n) is 14.5. The number of halogens is 2. The van der Waals surface area contributed by atoms with Crippen LogP contribution in [-0.2, 0) is 17.8 Å². The number of nitrogens with zero attached hydrogens (tertiary/aromatic N) is 2. The van der Waals surface area contributed by atoms with Gasteiger partial charge in [-0.1, -0.05) is 47.5 Å². The van der Waals surface area contributed by atoms with E-state index in [9.17, 15) is 4.79 Å². The Morgan fingerprint density at radius 3 is 2.70 bits per heavy atom. The zero-order chi connectivity index (χ0) is 18.8. The van der Waals surface area contributed by atoms with Crippen LogP contribution in [0.5, 0.6) is 0 Å². The maximum Gasteiger partial charge on any atom is 0.246 e. The van der Waals surface area contributed by atoms with Crippen LogP contribution < -0.4 is 0 Å². The van der Waals surface area contributed by atoms with Gasteiger partial charge >= 0.3 is 0 Å². The number of benzene rings is 2.